The van der Waals surface area contributed by atoms with Crippen LogP contribution in [0.25, 0.3) is 0 Å². The number of pyridine rings is 1. The van der Waals surface area contributed by atoms with Crippen LogP contribution in [0.4, 0.5) is 0 Å². The molecule has 0 N–H and O–H groups in total. The van der Waals surface area contributed by atoms with Gasteiger partial charge in [0.2, 0.25) is 15.9 Å². The maximum absolute atomic E-state index is 12.9. The maximum Gasteiger partial charge on any atom is 0.248 e. The van der Waals surface area contributed by atoms with E-state index in [-0.39, 0.29) is 17.3 Å². The molecule has 1 fully saturated rings. The number of carbonyl (C=O) groups is 1. The smallest absolute Gasteiger partial charge is 0.248 e. The Hall–Kier alpha value is -2.26. The van der Waals surface area contributed by atoms with E-state index in [2.05, 4.69) is 10.1 Å². The molecule has 1 amide bonds. The molecular weight excluding hydrogens is 368 g/mol. The summed E-state index contributed by atoms with van der Waals surface area (Å²) < 4.78 is 32.3. The van der Waals surface area contributed by atoms with Gasteiger partial charge in [0.1, 0.15) is 10.6 Å². The van der Waals surface area contributed by atoms with Gasteiger partial charge in [-0.15, -0.1) is 0 Å². The minimum Gasteiger partial charge on any atom is -0.360 e. The average Bonchev–Trinajstić information content (AvgIpc) is 2.86. The highest BCUT2D eigenvalue weighted by Gasteiger charge is 2.32. The van der Waals surface area contributed by atoms with Gasteiger partial charge >= 0.3 is 0 Å². The Morgan fingerprint density at radius 2 is 2.04 bits per heavy atom. The lowest BCUT2D eigenvalue weighted by Crippen LogP contribution is -2.37. The normalized spacial score (nSPS) is 16.3. The van der Waals surface area contributed by atoms with Gasteiger partial charge in [0.15, 0.2) is 5.76 Å². The molecule has 0 unspecified atom stereocenters. The SMILES string of the molecule is Cc1noc(C)c1S(=O)(=O)N1CCCN(C(=O)CCc2cccnc2)CC1. The van der Waals surface area contributed by atoms with Gasteiger partial charge < -0.3 is 9.42 Å². The second-order valence-corrected chi connectivity index (χ2v) is 8.53. The summed E-state index contributed by atoms with van der Waals surface area (Å²) in [6.45, 7) is 4.80. The summed E-state index contributed by atoms with van der Waals surface area (Å²) in [6.07, 6.45) is 5.08. The van der Waals surface area contributed by atoms with Crippen LogP contribution in [0.1, 0.15) is 29.9 Å². The standard InChI is InChI=1S/C18H24N4O4S/c1-14-18(15(2)26-20-14)27(24,25)22-10-4-9-21(11-12-22)17(23)7-6-16-5-3-8-19-13-16/h3,5,8,13H,4,6-7,9-12H2,1-2H3. The molecule has 0 radical (unpaired) electrons. The first kappa shape index (κ1) is 19.5. The topological polar surface area (TPSA) is 96.6 Å². The second-order valence-electron chi connectivity index (χ2n) is 6.65. The van der Waals surface area contributed by atoms with Gasteiger partial charge in [-0.3, -0.25) is 9.78 Å². The molecule has 9 heteroatoms. The Morgan fingerprint density at radius 1 is 1.22 bits per heavy atom. The zero-order chi connectivity index (χ0) is 19.4. The fraction of sp³-hybridized carbons (Fsp3) is 0.500. The van der Waals surface area contributed by atoms with Crippen molar-refractivity contribution in [3.63, 3.8) is 0 Å². The van der Waals surface area contributed by atoms with Crippen molar-refractivity contribution in [3.8, 4) is 0 Å². The van der Waals surface area contributed by atoms with Gasteiger partial charge in [0.05, 0.1) is 0 Å². The lowest BCUT2D eigenvalue weighted by molar-refractivity contribution is -0.131. The molecule has 0 spiro atoms. The summed E-state index contributed by atoms with van der Waals surface area (Å²) in [7, 11) is -3.68. The van der Waals surface area contributed by atoms with Gasteiger partial charge in [0.25, 0.3) is 0 Å². The van der Waals surface area contributed by atoms with Gasteiger partial charge in [0, 0.05) is 45.0 Å². The van der Waals surface area contributed by atoms with Crippen LogP contribution < -0.4 is 0 Å². The van der Waals surface area contributed by atoms with Gasteiger partial charge in [-0.1, -0.05) is 11.2 Å². The summed E-state index contributed by atoms with van der Waals surface area (Å²) in [4.78, 5) is 18.5. The Morgan fingerprint density at radius 3 is 2.70 bits per heavy atom. The maximum atomic E-state index is 12.9. The molecule has 0 bridgehead atoms. The van der Waals surface area contributed by atoms with E-state index in [0.717, 1.165) is 5.56 Å². The van der Waals surface area contributed by atoms with Crippen LogP contribution >= 0.6 is 0 Å². The first-order chi connectivity index (χ1) is 12.9. The highest BCUT2D eigenvalue weighted by Crippen LogP contribution is 2.24. The van der Waals surface area contributed by atoms with Crippen molar-refractivity contribution in [2.75, 3.05) is 26.2 Å². The minimum atomic E-state index is -3.68. The summed E-state index contributed by atoms with van der Waals surface area (Å²) in [5.41, 5.74) is 1.38. The molecule has 1 aliphatic heterocycles. The van der Waals surface area contributed by atoms with Crippen LogP contribution in [0.2, 0.25) is 0 Å². The molecule has 2 aromatic heterocycles. The first-order valence-electron chi connectivity index (χ1n) is 8.99. The van der Waals surface area contributed by atoms with Crippen molar-refractivity contribution >= 4 is 15.9 Å². The Labute approximate surface area is 159 Å². The average molecular weight is 392 g/mol. The number of hydrogen-bond donors (Lipinski definition) is 0. The molecule has 8 nitrogen and oxygen atoms in total. The number of aryl methyl sites for hydroxylation is 3. The molecule has 1 saturated heterocycles. The van der Waals surface area contributed by atoms with Crippen LogP contribution in [-0.2, 0) is 21.2 Å². The number of hydrogen-bond acceptors (Lipinski definition) is 6. The van der Waals surface area contributed by atoms with E-state index in [0.29, 0.717) is 50.4 Å². The van der Waals surface area contributed by atoms with E-state index in [4.69, 9.17) is 4.52 Å². The Balaban J connectivity index is 1.62. The number of amides is 1. The number of rotatable bonds is 5. The summed E-state index contributed by atoms with van der Waals surface area (Å²) in [6, 6.07) is 3.80. The van der Waals surface area contributed by atoms with Gasteiger partial charge in [-0.05, 0) is 38.3 Å². The lowest BCUT2D eigenvalue weighted by atomic mass is 10.1. The molecule has 3 rings (SSSR count). The zero-order valence-corrected chi connectivity index (χ0v) is 16.4. The Kier molecular flexibility index (Phi) is 5.91. The van der Waals surface area contributed by atoms with Crippen molar-refractivity contribution in [2.45, 2.75) is 38.0 Å². The van der Waals surface area contributed by atoms with E-state index in [1.165, 1.54) is 4.31 Å². The van der Waals surface area contributed by atoms with E-state index in [9.17, 15) is 13.2 Å². The predicted octanol–water partition coefficient (Wildman–Crippen LogP) is 1.54. The van der Waals surface area contributed by atoms with Crippen LogP contribution in [0.5, 0.6) is 0 Å². The number of sulfonamides is 1. The molecule has 146 valence electrons. The molecular formula is C18H24N4O4S. The quantitative estimate of drug-likeness (QED) is 0.766. The molecule has 0 atom stereocenters. The van der Waals surface area contributed by atoms with Crippen LogP contribution in [-0.4, -0.2) is 59.8 Å². The van der Waals surface area contributed by atoms with E-state index < -0.39 is 10.0 Å². The second kappa shape index (κ2) is 8.18. The third-order valence-electron chi connectivity index (χ3n) is 4.72. The van der Waals surface area contributed by atoms with Crippen molar-refractivity contribution < 1.29 is 17.7 Å². The third-order valence-corrected chi connectivity index (χ3v) is 6.87. The highest BCUT2D eigenvalue weighted by molar-refractivity contribution is 7.89. The fourth-order valence-electron chi connectivity index (χ4n) is 3.31. The van der Waals surface area contributed by atoms with Crippen molar-refractivity contribution in [1.29, 1.82) is 0 Å². The van der Waals surface area contributed by atoms with Crippen LogP contribution in [0, 0.1) is 13.8 Å². The zero-order valence-electron chi connectivity index (χ0n) is 15.6. The molecule has 1 aliphatic rings. The third kappa shape index (κ3) is 4.36. The van der Waals surface area contributed by atoms with Crippen LogP contribution in [0.3, 0.4) is 0 Å². The van der Waals surface area contributed by atoms with Crippen molar-refractivity contribution in [2.24, 2.45) is 0 Å². The summed E-state index contributed by atoms with van der Waals surface area (Å²) in [5, 5.41) is 3.75. The first-order valence-corrected chi connectivity index (χ1v) is 10.4. The summed E-state index contributed by atoms with van der Waals surface area (Å²) in [5.74, 6) is 0.330. The van der Waals surface area contributed by atoms with E-state index in [1.807, 2.05) is 12.1 Å². The fourth-order valence-corrected chi connectivity index (χ4v) is 5.07. The van der Waals surface area contributed by atoms with Crippen molar-refractivity contribution in [1.82, 2.24) is 19.3 Å². The minimum absolute atomic E-state index is 0.0374. The number of carbonyl (C=O) groups excluding carboxylic acids is 1. The molecule has 3 heterocycles. The number of aromatic nitrogens is 2. The lowest BCUT2D eigenvalue weighted by Gasteiger charge is -2.22. The summed E-state index contributed by atoms with van der Waals surface area (Å²) >= 11 is 0. The predicted molar refractivity (Wildman–Crippen MR) is 98.5 cm³/mol. The molecule has 0 saturated carbocycles. The van der Waals surface area contributed by atoms with E-state index >= 15 is 0 Å². The molecule has 27 heavy (non-hydrogen) atoms. The largest absolute Gasteiger partial charge is 0.360 e. The van der Waals surface area contributed by atoms with Crippen LogP contribution in [0.15, 0.2) is 33.9 Å². The molecule has 2 aromatic rings. The number of nitrogens with zero attached hydrogens (tertiary/aromatic N) is 4. The van der Waals surface area contributed by atoms with E-state index in [1.54, 1.807) is 31.1 Å². The molecule has 0 aliphatic carbocycles. The van der Waals surface area contributed by atoms with Crippen molar-refractivity contribution in [3.05, 3.63) is 41.5 Å². The Bertz CT molecular complexity index is 876. The van der Waals surface area contributed by atoms with Gasteiger partial charge in [-0.25, -0.2) is 8.42 Å². The highest BCUT2D eigenvalue weighted by atomic mass is 32.2. The van der Waals surface area contributed by atoms with Gasteiger partial charge in [-0.2, -0.15) is 4.31 Å². The monoisotopic (exact) mass is 392 g/mol. The molecule has 0 aromatic carbocycles.